The Bertz CT molecular complexity index is 1080. The number of aromatic nitrogens is 5. The molecule has 1 saturated heterocycles. The monoisotopic (exact) mass is 448 g/mol. The topological polar surface area (TPSA) is 90.0 Å². The van der Waals surface area contributed by atoms with Crippen LogP contribution in [0, 0.1) is 6.92 Å². The van der Waals surface area contributed by atoms with Crippen LogP contribution in [-0.2, 0) is 23.9 Å². The second-order valence-electron chi connectivity index (χ2n) is 8.40. The Hall–Kier alpha value is -1.78. The normalized spacial score (nSPS) is 28.8. The minimum absolute atomic E-state index is 0.00136. The molecule has 30 heavy (non-hydrogen) atoms. The van der Waals surface area contributed by atoms with Gasteiger partial charge in [-0.25, -0.2) is 4.68 Å². The maximum atomic E-state index is 10.4. The minimum Gasteiger partial charge on any atom is -0.386 e. The highest BCUT2D eigenvalue weighted by Gasteiger charge is 2.48. The molecule has 3 aromatic heterocycles. The fourth-order valence-electron chi connectivity index (χ4n) is 4.66. The minimum atomic E-state index is -0.624. The molecule has 0 aromatic carbocycles. The summed E-state index contributed by atoms with van der Waals surface area (Å²) in [7, 11) is 1.94. The molecule has 10 heteroatoms. The number of rotatable bonds is 3. The Morgan fingerprint density at radius 1 is 1.43 bits per heavy atom. The van der Waals surface area contributed by atoms with E-state index in [4.69, 9.17) is 16.3 Å². The summed E-state index contributed by atoms with van der Waals surface area (Å²) in [5, 5.41) is 27.1. The molecule has 0 amide bonds. The van der Waals surface area contributed by atoms with Gasteiger partial charge in [-0.2, -0.15) is 5.10 Å². The average Bonchev–Trinajstić information content (AvgIpc) is 3.41. The Morgan fingerprint density at radius 2 is 2.27 bits per heavy atom. The summed E-state index contributed by atoms with van der Waals surface area (Å²) in [4.78, 5) is 1.04. The number of nitrogens with one attached hydrogen (secondary N) is 1. The van der Waals surface area contributed by atoms with Crippen molar-refractivity contribution >= 4 is 22.9 Å². The zero-order valence-corrected chi connectivity index (χ0v) is 18.7. The lowest BCUT2D eigenvalue weighted by molar-refractivity contribution is -0.129. The summed E-state index contributed by atoms with van der Waals surface area (Å²) < 4.78 is 10.7. The number of fused-ring (bicyclic) bond motifs is 2. The lowest BCUT2D eigenvalue weighted by Gasteiger charge is -2.46. The number of ether oxygens (including phenoxy) is 1. The predicted molar refractivity (Wildman–Crippen MR) is 114 cm³/mol. The highest BCUT2D eigenvalue weighted by molar-refractivity contribution is 7.16. The quantitative estimate of drug-likeness (QED) is 0.640. The van der Waals surface area contributed by atoms with Crippen molar-refractivity contribution < 1.29 is 9.84 Å². The van der Waals surface area contributed by atoms with Crippen LogP contribution < -0.4 is 5.32 Å². The van der Waals surface area contributed by atoms with Crippen molar-refractivity contribution in [1.82, 2.24) is 30.1 Å². The number of aryl methyl sites for hydroxylation is 1. The fourth-order valence-corrected chi connectivity index (χ4v) is 6.11. The van der Waals surface area contributed by atoms with Gasteiger partial charge in [0, 0.05) is 41.2 Å². The van der Waals surface area contributed by atoms with E-state index in [-0.39, 0.29) is 18.7 Å². The first-order valence-corrected chi connectivity index (χ1v) is 11.3. The van der Waals surface area contributed by atoms with Crippen LogP contribution in [0.2, 0.25) is 4.34 Å². The Morgan fingerprint density at radius 3 is 3.03 bits per heavy atom. The molecule has 0 bridgehead atoms. The molecule has 8 nitrogen and oxygen atoms in total. The Labute approximate surface area is 183 Å². The molecule has 0 radical (unpaired) electrons. The molecular weight excluding hydrogens is 424 g/mol. The van der Waals surface area contributed by atoms with E-state index in [0.717, 1.165) is 40.2 Å². The second kappa shape index (κ2) is 7.42. The van der Waals surface area contributed by atoms with Crippen molar-refractivity contribution in [3.63, 3.8) is 0 Å². The molecule has 160 valence electrons. The maximum Gasteiger partial charge on any atom is 0.106 e. The molecule has 1 fully saturated rings. The number of hydrogen-bond donors (Lipinski definition) is 2. The summed E-state index contributed by atoms with van der Waals surface area (Å²) in [6, 6.07) is 2.10. The van der Waals surface area contributed by atoms with E-state index in [9.17, 15) is 5.11 Å². The van der Waals surface area contributed by atoms with Crippen molar-refractivity contribution in [3.8, 4) is 0 Å². The van der Waals surface area contributed by atoms with Gasteiger partial charge in [0.15, 0.2) is 0 Å². The predicted octanol–water partition coefficient (Wildman–Crippen LogP) is 2.86. The van der Waals surface area contributed by atoms with Gasteiger partial charge < -0.3 is 15.2 Å². The van der Waals surface area contributed by atoms with Crippen LogP contribution in [0.4, 0.5) is 0 Å². The SMILES string of the molecule is Cc1c(Cn2cc([C@@H]3C[C@]4(C[C@H](C)N3)OC[C@@H](O)c3cc(Cl)sc34)nn2)cnn1C. The standard InChI is InChI=1S/C20H25ClN6O2S/c1-11-5-20(19-14(4-18(21)30-19)17(28)10-29-20)6-15(23-11)16-9-27(25-24-16)8-13-7-22-26(3)12(13)2/h4,7,9,11,15,17,23,28H,5-6,8,10H2,1-3H3/t11-,15-,17+,20-/m0/s1. The lowest BCUT2D eigenvalue weighted by Crippen LogP contribution is -2.50. The van der Waals surface area contributed by atoms with Crippen LogP contribution >= 0.6 is 22.9 Å². The number of aliphatic hydroxyl groups excluding tert-OH is 1. The third kappa shape index (κ3) is 3.38. The van der Waals surface area contributed by atoms with Gasteiger partial charge in [-0.05, 0) is 26.3 Å². The smallest absolute Gasteiger partial charge is 0.106 e. The fraction of sp³-hybridized carbons (Fsp3) is 0.550. The van der Waals surface area contributed by atoms with Crippen LogP contribution in [-0.4, -0.2) is 42.5 Å². The molecule has 1 spiro atoms. The van der Waals surface area contributed by atoms with E-state index < -0.39 is 11.7 Å². The van der Waals surface area contributed by atoms with Gasteiger partial charge in [0.1, 0.15) is 11.7 Å². The van der Waals surface area contributed by atoms with Gasteiger partial charge in [-0.1, -0.05) is 16.8 Å². The van der Waals surface area contributed by atoms with E-state index in [1.165, 1.54) is 11.3 Å². The number of aliphatic hydroxyl groups is 1. The molecule has 2 aliphatic heterocycles. The van der Waals surface area contributed by atoms with Crippen molar-refractivity contribution in [3.05, 3.63) is 50.2 Å². The van der Waals surface area contributed by atoms with E-state index in [1.54, 1.807) is 0 Å². The first kappa shape index (κ1) is 20.1. The highest BCUT2D eigenvalue weighted by atomic mass is 35.5. The van der Waals surface area contributed by atoms with Gasteiger partial charge >= 0.3 is 0 Å². The Balaban J connectivity index is 1.42. The third-order valence-corrected chi connectivity index (χ3v) is 7.72. The summed E-state index contributed by atoms with van der Waals surface area (Å²) in [5.74, 6) is 0. The molecule has 2 N–H and O–H groups in total. The largest absolute Gasteiger partial charge is 0.386 e. The van der Waals surface area contributed by atoms with Crippen molar-refractivity contribution in [2.24, 2.45) is 7.05 Å². The summed E-state index contributed by atoms with van der Waals surface area (Å²) in [6.07, 6.45) is 4.79. The van der Waals surface area contributed by atoms with Crippen LogP contribution in [0.25, 0.3) is 0 Å². The first-order valence-electron chi connectivity index (χ1n) is 10.1. The van der Waals surface area contributed by atoms with Gasteiger partial charge in [0.25, 0.3) is 0 Å². The molecule has 4 atom stereocenters. The summed E-state index contributed by atoms with van der Waals surface area (Å²) in [5.41, 5.74) is 3.57. The number of hydrogen-bond acceptors (Lipinski definition) is 7. The second-order valence-corrected chi connectivity index (χ2v) is 10.1. The number of nitrogens with zero attached hydrogens (tertiary/aromatic N) is 5. The number of piperidine rings is 1. The van der Waals surface area contributed by atoms with Gasteiger partial charge in [-0.15, -0.1) is 16.4 Å². The zero-order chi connectivity index (χ0) is 21.0. The van der Waals surface area contributed by atoms with Crippen LogP contribution in [0.3, 0.4) is 0 Å². The van der Waals surface area contributed by atoms with E-state index in [0.29, 0.717) is 10.9 Å². The molecule has 5 rings (SSSR count). The van der Waals surface area contributed by atoms with Gasteiger partial charge in [0.2, 0.25) is 0 Å². The third-order valence-electron chi connectivity index (χ3n) is 6.26. The molecule has 5 heterocycles. The zero-order valence-electron chi connectivity index (χ0n) is 17.2. The van der Waals surface area contributed by atoms with Crippen LogP contribution in [0.1, 0.15) is 59.3 Å². The van der Waals surface area contributed by atoms with Gasteiger partial charge in [-0.3, -0.25) is 4.68 Å². The first-order chi connectivity index (χ1) is 14.3. The summed E-state index contributed by atoms with van der Waals surface area (Å²) >= 11 is 7.82. The molecule has 2 aliphatic rings. The molecular formula is C20H25ClN6O2S. The number of thiophene rings is 1. The molecule has 0 saturated carbocycles. The molecule has 0 aliphatic carbocycles. The van der Waals surface area contributed by atoms with Crippen LogP contribution in [0.15, 0.2) is 18.5 Å². The van der Waals surface area contributed by atoms with E-state index in [1.807, 2.05) is 41.8 Å². The average molecular weight is 449 g/mol. The van der Waals surface area contributed by atoms with Crippen molar-refractivity contribution in [2.45, 2.75) is 57.0 Å². The molecule has 3 aromatic rings. The molecule has 0 unspecified atom stereocenters. The van der Waals surface area contributed by atoms with Crippen molar-refractivity contribution in [2.75, 3.05) is 6.61 Å². The number of halogens is 1. The van der Waals surface area contributed by atoms with E-state index >= 15 is 0 Å². The Kier molecular flexibility index (Phi) is 4.98. The van der Waals surface area contributed by atoms with E-state index in [2.05, 4.69) is 27.7 Å². The van der Waals surface area contributed by atoms with Crippen LogP contribution in [0.5, 0.6) is 0 Å². The maximum absolute atomic E-state index is 10.4. The highest BCUT2D eigenvalue weighted by Crippen LogP contribution is 2.51. The summed E-state index contributed by atoms with van der Waals surface area (Å²) in [6.45, 7) is 5.12. The van der Waals surface area contributed by atoms with Crippen molar-refractivity contribution in [1.29, 1.82) is 0 Å². The van der Waals surface area contributed by atoms with Gasteiger partial charge in [0.05, 0.1) is 41.6 Å². The lowest BCUT2D eigenvalue weighted by atomic mass is 9.79.